The lowest BCUT2D eigenvalue weighted by atomic mass is 9.89. The highest BCUT2D eigenvalue weighted by Gasteiger charge is 2.40. The molecule has 0 saturated heterocycles. The molecule has 0 aliphatic rings. The Morgan fingerprint density at radius 1 is 0.840 bits per heavy atom. The molecule has 8 nitrogen and oxygen atoms in total. The standard InChI is InChI=1S/C17H18O8/c1-5-14(19)23-10-17(11-24-15(20)6-2,12-25-16(21)7-3)13(4)22-9-8-18/h5-7,9H,1-4,10-12H2. The summed E-state index contributed by atoms with van der Waals surface area (Å²) in [5.41, 5.74) is -1.50. The van der Waals surface area contributed by atoms with E-state index in [1.807, 2.05) is 0 Å². The van der Waals surface area contributed by atoms with Crippen LogP contribution < -0.4 is 0 Å². The fourth-order valence-corrected chi connectivity index (χ4v) is 1.39. The van der Waals surface area contributed by atoms with E-state index in [9.17, 15) is 19.2 Å². The second-order valence-electron chi connectivity index (χ2n) is 4.49. The minimum absolute atomic E-state index is 0.165. The summed E-state index contributed by atoms with van der Waals surface area (Å²) in [4.78, 5) is 44.4. The normalized spacial score (nSPS) is 9.60. The molecule has 0 bridgehead atoms. The molecule has 134 valence electrons. The lowest BCUT2D eigenvalue weighted by Crippen LogP contribution is -2.41. The molecule has 0 aliphatic heterocycles. The first kappa shape index (κ1) is 21.6. The van der Waals surface area contributed by atoms with Gasteiger partial charge in [-0.1, -0.05) is 26.3 Å². The van der Waals surface area contributed by atoms with Crippen molar-refractivity contribution < 1.29 is 38.1 Å². The van der Waals surface area contributed by atoms with Gasteiger partial charge in [-0.3, -0.25) is 0 Å². The molecule has 0 rings (SSSR count). The summed E-state index contributed by atoms with van der Waals surface area (Å²) < 4.78 is 19.8. The van der Waals surface area contributed by atoms with Gasteiger partial charge >= 0.3 is 17.9 Å². The molecule has 0 aromatic heterocycles. The van der Waals surface area contributed by atoms with E-state index in [-0.39, 0.29) is 5.76 Å². The van der Waals surface area contributed by atoms with Gasteiger partial charge in [-0.2, -0.15) is 0 Å². The number of ether oxygens (including phenoxy) is 4. The van der Waals surface area contributed by atoms with Gasteiger partial charge in [0.15, 0.2) is 12.2 Å². The van der Waals surface area contributed by atoms with Crippen molar-refractivity contribution in [1.82, 2.24) is 0 Å². The van der Waals surface area contributed by atoms with E-state index in [0.29, 0.717) is 6.26 Å². The topological polar surface area (TPSA) is 105 Å². The van der Waals surface area contributed by atoms with Gasteiger partial charge in [0.25, 0.3) is 0 Å². The number of carbonyl (C=O) groups excluding carboxylic acids is 4. The van der Waals surface area contributed by atoms with Crippen LogP contribution >= 0.6 is 0 Å². The lowest BCUT2D eigenvalue weighted by molar-refractivity contribution is -0.154. The SMILES string of the molecule is C=CC(=O)OCC(COC(=O)C=C)(COC(=O)C=C)C(=C)OC=C=O. The maximum atomic E-state index is 11.4. The Labute approximate surface area is 144 Å². The molecule has 8 heteroatoms. The van der Waals surface area contributed by atoms with Gasteiger partial charge in [0.2, 0.25) is 0 Å². The zero-order valence-electron chi connectivity index (χ0n) is 13.5. The number of rotatable bonds is 12. The van der Waals surface area contributed by atoms with Crippen molar-refractivity contribution in [3.63, 3.8) is 0 Å². The monoisotopic (exact) mass is 350 g/mol. The zero-order valence-corrected chi connectivity index (χ0v) is 13.5. The van der Waals surface area contributed by atoms with Crippen LogP contribution in [0.3, 0.4) is 0 Å². The zero-order chi connectivity index (χ0) is 19.3. The number of hydrogen-bond acceptors (Lipinski definition) is 8. The van der Waals surface area contributed by atoms with Crippen LogP contribution in [0, 0.1) is 5.41 Å². The van der Waals surface area contributed by atoms with Crippen molar-refractivity contribution in [3.05, 3.63) is 56.6 Å². The van der Waals surface area contributed by atoms with E-state index in [2.05, 4.69) is 26.3 Å². The fraction of sp³-hybridized carbons (Fsp3) is 0.235. The van der Waals surface area contributed by atoms with Crippen LogP contribution in [0.25, 0.3) is 0 Å². The van der Waals surface area contributed by atoms with Crippen LogP contribution in [0.1, 0.15) is 0 Å². The van der Waals surface area contributed by atoms with Gasteiger partial charge in [0, 0.05) is 18.2 Å². The molecule has 0 saturated carbocycles. The minimum Gasteiger partial charge on any atom is -0.461 e. The van der Waals surface area contributed by atoms with E-state index in [1.54, 1.807) is 0 Å². The molecule has 0 unspecified atom stereocenters. The highest BCUT2D eigenvalue weighted by molar-refractivity contribution is 5.82. The van der Waals surface area contributed by atoms with E-state index in [0.717, 1.165) is 18.2 Å². The molecular weight excluding hydrogens is 332 g/mol. The molecule has 0 aromatic rings. The van der Waals surface area contributed by atoms with Gasteiger partial charge in [-0.25, -0.2) is 19.2 Å². The van der Waals surface area contributed by atoms with Gasteiger partial charge < -0.3 is 18.9 Å². The summed E-state index contributed by atoms with van der Waals surface area (Å²) >= 11 is 0. The van der Waals surface area contributed by atoms with Crippen molar-refractivity contribution in [1.29, 1.82) is 0 Å². The second-order valence-corrected chi connectivity index (χ2v) is 4.49. The summed E-state index contributed by atoms with van der Waals surface area (Å²) in [6.07, 6.45) is 3.37. The molecule has 0 heterocycles. The lowest BCUT2D eigenvalue weighted by Gasteiger charge is -2.32. The average molecular weight is 350 g/mol. The van der Waals surface area contributed by atoms with E-state index < -0.39 is 43.1 Å². The highest BCUT2D eigenvalue weighted by Crippen LogP contribution is 2.30. The van der Waals surface area contributed by atoms with Crippen LogP contribution in [0.5, 0.6) is 0 Å². The fourth-order valence-electron chi connectivity index (χ4n) is 1.39. The van der Waals surface area contributed by atoms with Crippen LogP contribution in [0.15, 0.2) is 56.6 Å². The maximum Gasteiger partial charge on any atom is 0.330 e. The summed E-state index contributed by atoms with van der Waals surface area (Å²) in [5, 5.41) is 0. The van der Waals surface area contributed by atoms with E-state index in [4.69, 9.17) is 18.9 Å². The van der Waals surface area contributed by atoms with E-state index >= 15 is 0 Å². The van der Waals surface area contributed by atoms with Crippen molar-refractivity contribution in [2.24, 2.45) is 5.41 Å². The third kappa shape index (κ3) is 7.62. The first-order valence-electron chi connectivity index (χ1n) is 6.78. The third-order valence-electron chi connectivity index (χ3n) is 2.81. The largest absolute Gasteiger partial charge is 0.461 e. The molecule has 0 amide bonds. The smallest absolute Gasteiger partial charge is 0.330 e. The van der Waals surface area contributed by atoms with E-state index in [1.165, 1.54) is 5.94 Å². The van der Waals surface area contributed by atoms with Gasteiger partial charge in [0.05, 0.1) is 0 Å². The molecule has 25 heavy (non-hydrogen) atoms. The summed E-state index contributed by atoms with van der Waals surface area (Å²) in [5.74, 6) is -1.15. The Balaban J connectivity index is 5.60. The number of esters is 3. The van der Waals surface area contributed by atoms with Gasteiger partial charge in [-0.15, -0.1) is 0 Å². The summed E-state index contributed by atoms with van der Waals surface area (Å²) in [6.45, 7) is 12.0. The van der Waals surface area contributed by atoms with Crippen molar-refractivity contribution in [2.45, 2.75) is 0 Å². The Morgan fingerprint density at radius 2 is 1.20 bits per heavy atom. The molecule has 0 aliphatic carbocycles. The number of carbonyl (C=O) groups is 3. The Morgan fingerprint density at radius 3 is 1.48 bits per heavy atom. The number of hydrogen-bond donors (Lipinski definition) is 0. The first-order valence-corrected chi connectivity index (χ1v) is 6.78. The van der Waals surface area contributed by atoms with Crippen LogP contribution in [0.2, 0.25) is 0 Å². The molecular formula is C17H18O8. The molecule has 0 N–H and O–H groups in total. The van der Waals surface area contributed by atoms with Gasteiger partial charge in [0.1, 0.15) is 31.0 Å². The van der Waals surface area contributed by atoms with Gasteiger partial charge in [-0.05, 0) is 0 Å². The predicted octanol–water partition coefficient (Wildman–Crippen LogP) is 1.04. The Hall–Kier alpha value is -3.38. The quantitative estimate of drug-likeness (QED) is 0.169. The molecule has 0 aromatic carbocycles. The summed E-state index contributed by atoms with van der Waals surface area (Å²) in [6, 6.07) is 0. The highest BCUT2D eigenvalue weighted by atomic mass is 16.6. The maximum absolute atomic E-state index is 11.4. The molecule has 0 radical (unpaired) electrons. The Kier molecular flexibility index (Phi) is 9.69. The van der Waals surface area contributed by atoms with Crippen molar-refractivity contribution in [2.75, 3.05) is 19.8 Å². The third-order valence-corrected chi connectivity index (χ3v) is 2.81. The average Bonchev–Trinajstić information content (AvgIpc) is 2.64. The summed E-state index contributed by atoms with van der Waals surface area (Å²) in [7, 11) is 0. The van der Waals surface area contributed by atoms with Crippen molar-refractivity contribution in [3.8, 4) is 0 Å². The molecule has 0 atom stereocenters. The first-order chi connectivity index (χ1) is 11.8. The molecule has 0 fully saturated rings. The molecule has 0 spiro atoms. The van der Waals surface area contributed by atoms with Crippen LogP contribution in [-0.2, 0) is 38.1 Å². The Bertz CT molecular complexity index is 550. The predicted molar refractivity (Wildman–Crippen MR) is 86.4 cm³/mol. The van der Waals surface area contributed by atoms with Crippen molar-refractivity contribution >= 4 is 23.8 Å². The van der Waals surface area contributed by atoms with Crippen LogP contribution in [0.4, 0.5) is 0 Å². The minimum atomic E-state index is -1.50. The van der Waals surface area contributed by atoms with Crippen LogP contribution in [-0.4, -0.2) is 43.7 Å². The second kappa shape index (κ2) is 11.2.